The summed E-state index contributed by atoms with van der Waals surface area (Å²) in [5.41, 5.74) is 0.470. The molecule has 1 aromatic heterocycles. The number of hydrogen-bond acceptors (Lipinski definition) is 1. The largest absolute Gasteiger partial charge is 0.207 e. The predicted molar refractivity (Wildman–Crippen MR) is 75.8 cm³/mol. The van der Waals surface area contributed by atoms with E-state index in [1.807, 2.05) is 6.07 Å². The quantitative estimate of drug-likeness (QED) is 0.537. The summed E-state index contributed by atoms with van der Waals surface area (Å²) in [5, 5.41) is 0.283. The van der Waals surface area contributed by atoms with E-state index in [4.69, 9.17) is 11.6 Å². The summed E-state index contributed by atoms with van der Waals surface area (Å²) in [6.07, 6.45) is 0. The molecule has 0 amide bonds. The molecule has 20 heavy (non-hydrogen) atoms. The molecular weight excluding hydrogens is 305 g/mol. The van der Waals surface area contributed by atoms with E-state index in [2.05, 4.69) is 0 Å². The van der Waals surface area contributed by atoms with Crippen LogP contribution in [0.15, 0.2) is 42.5 Å². The Kier molecular flexibility index (Phi) is 3.44. The Hall–Kier alpha value is -1.52. The number of fused-ring (bicyclic) bond motifs is 1. The molecule has 3 aromatic rings. The lowest BCUT2D eigenvalue weighted by atomic mass is 10.1. The maximum atomic E-state index is 13.2. The van der Waals surface area contributed by atoms with Gasteiger partial charge in [-0.05, 0) is 41.3 Å². The summed E-state index contributed by atoms with van der Waals surface area (Å²) < 4.78 is 40.1. The second-order valence-corrected chi connectivity index (χ2v) is 5.92. The van der Waals surface area contributed by atoms with Crippen molar-refractivity contribution < 1.29 is 13.2 Å². The lowest BCUT2D eigenvalue weighted by Gasteiger charge is -2.07. The van der Waals surface area contributed by atoms with E-state index in [9.17, 15) is 13.2 Å². The first-order valence-corrected chi connectivity index (χ1v) is 7.08. The molecule has 0 spiro atoms. The molecular formula is C15H8ClF3S. The average molecular weight is 313 g/mol. The third-order valence-electron chi connectivity index (χ3n) is 2.99. The third kappa shape index (κ3) is 2.41. The summed E-state index contributed by atoms with van der Waals surface area (Å²) in [6.45, 7) is 0. The van der Waals surface area contributed by atoms with Crippen molar-refractivity contribution in [2.24, 2.45) is 0 Å². The van der Waals surface area contributed by atoms with E-state index in [0.29, 0.717) is 5.56 Å². The molecule has 1 heterocycles. The van der Waals surface area contributed by atoms with E-state index in [-0.39, 0.29) is 5.82 Å². The van der Waals surface area contributed by atoms with Gasteiger partial charge in [0.25, 0.3) is 0 Å². The Morgan fingerprint density at radius 3 is 2.45 bits per heavy atom. The molecule has 0 N–H and O–H groups in total. The van der Waals surface area contributed by atoms with Crippen molar-refractivity contribution in [3.63, 3.8) is 0 Å². The van der Waals surface area contributed by atoms with Crippen LogP contribution in [0.25, 0.3) is 10.1 Å². The Morgan fingerprint density at radius 1 is 0.900 bits per heavy atom. The Morgan fingerprint density at radius 2 is 1.70 bits per heavy atom. The number of alkyl halides is 1. The van der Waals surface area contributed by atoms with Gasteiger partial charge in [-0.3, -0.25) is 0 Å². The first kappa shape index (κ1) is 13.5. The third-order valence-corrected chi connectivity index (χ3v) is 4.77. The SMILES string of the molecule is Fc1ccc2cc(C(Cl)c3ccc(F)c(F)c3)sc2c1. The van der Waals surface area contributed by atoms with Gasteiger partial charge >= 0.3 is 0 Å². The molecule has 0 radical (unpaired) electrons. The molecule has 1 unspecified atom stereocenters. The van der Waals surface area contributed by atoms with Crippen molar-refractivity contribution in [1.82, 2.24) is 0 Å². The van der Waals surface area contributed by atoms with Gasteiger partial charge in [-0.1, -0.05) is 12.1 Å². The lowest BCUT2D eigenvalue weighted by Crippen LogP contribution is -1.93. The molecule has 0 saturated carbocycles. The van der Waals surface area contributed by atoms with Gasteiger partial charge in [0.15, 0.2) is 11.6 Å². The molecule has 5 heteroatoms. The Labute approximate surface area is 122 Å². The molecule has 3 rings (SSSR count). The number of thiophene rings is 1. The highest BCUT2D eigenvalue weighted by Crippen LogP contribution is 2.37. The molecule has 0 nitrogen and oxygen atoms in total. The van der Waals surface area contributed by atoms with Crippen LogP contribution in [0.1, 0.15) is 15.8 Å². The predicted octanol–water partition coefficient (Wildman–Crippen LogP) is 5.65. The van der Waals surface area contributed by atoms with Gasteiger partial charge in [0.1, 0.15) is 5.82 Å². The van der Waals surface area contributed by atoms with Crippen LogP contribution in [-0.2, 0) is 0 Å². The molecule has 1 atom stereocenters. The Bertz CT molecular complexity index is 782. The monoisotopic (exact) mass is 312 g/mol. The fraction of sp³-hybridized carbons (Fsp3) is 0.0667. The van der Waals surface area contributed by atoms with Crippen molar-refractivity contribution >= 4 is 33.0 Å². The minimum Gasteiger partial charge on any atom is -0.207 e. The highest BCUT2D eigenvalue weighted by atomic mass is 35.5. The first-order chi connectivity index (χ1) is 9.54. The normalized spacial score (nSPS) is 12.8. The molecule has 102 valence electrons. The molecule has 0 bridgehead atoms. The molecule has 0 aliphatic heterocycles. The zero-order valence-electron chi connectivity index (χ0n) is 10.0. The van der Waals surface area contributed by atoms with Crippen molar-refractivity contribution in [2.75, 3.05) is 0 Å². The van der Waals surface area contributed by atoms with Crippen LogP contribution in [0, 0.1) is 17.5 Å². The zero-order valence-corrected chi connectivity index (χ0v) is 11.6. The van der Waals surface area contributed by atoms with Crippen LogP contribution in [0.5, 0.6) is 0 Å². The maximum Gasteiger partial charge on any atom is 0.159 e. The molecule has 0 aliphatic carbocycles. The van der Waals surface area contributed by atoms with Gasteiger partial charge in [-0.2, -0.15) is 0 Å². The highest BCUT2D eigenvalue weighted by molar-refractivity contribution is 7.19. The van der Waals surface area contributed by atoms with Crippen LogP contribution < -0.4 is 0 Å². The van der Waals surface area contributed by atoms with Crippen molar-refractivity contribution in [3.8, 4) is 0 Å². The summed E-state index contributed by atoms with van der Waals surface area (Å²) in [7, 11) is 0. The van der Waals surface area contributed by atoms with Gasteiger partial charge in [-0.15, -0.1) is 22.9 Å². The van der Waals surface area contributed by atoms with Gasteiger partial charge < -0.3 is 0 Å². The molecule has 0 aliphatic rings. The fourth-order valence-corrected chi connectivity index (χ4v) is 3.41. The maximum absolute atomic E-state index is 13.2. The van der Waals surface area contributed by atoms with Crippen molar-refractivity contribution in [2.45, 2.75) is 5.38 Å². The highest BCUT2D eigenvalue weighted by Gasteiger charge is 2.16. The number of rotatable bonds is 2. The van der Waals surface area contributed by atoms with Gasteiger partial charge in [0.05, 0.1) is 5.38 Å². The fourth-order valence-electron chi connectivity index (χ4n) is 1.98. The van der Waals surface area contributed by atoms with E-state index in [0.717, 1.165) is 27.1 Å². The van der Waals surface area contributed by atoms with Crippen LogP contribution >= 0.6 is 22.9 Å². The van der Waals surface area contributed by atoms with Crippen molar-refractivity contribution in [1.29, 1.82) is 0 Å². The van der Waals surface area contributed by atoms with Crippen LogP contribution in [0.4, 0.5) is 13.2 Å². The van der Waals surface area contributed by atoms with Crippen LogP contribution in [0.3, 0.4) is 0 Å². The first-order valence-electron chi connectivity index (χ1n) is 5.82. The van der Waals surface area contributed by atoms with Gasteiger partial charge in [-0.25, -0.2) is 13.2 Å². The zero-order chi connectivity index (χ0) is 14.3. The lowest BCUT2D eigenvalue weighted by molar-refractivity contribution is 0.507. The Balaban J connectivity index is 2.02. The van der Waals surface area contributed by atoms with Crippen LogP contribution in [0.2, 0.25) is 0 Å². The van der Waals surface area contributed by atoms with Crippen molar-refractivity contribution in [3.05, 3.63) is 70.4 Å². The van der Waals surface area contributed by atoms with E-state index >= 15 is 0 Å². The standard InChI is InChI=1S/C15H8ClF3S/c16-15(9-2-4-11(18)12(19)5-9)14-6-8-1-3-10(17)7-13(8)20-14/h1-7,15H. The smallest absolute Gasteiger partial charge is 0.159 e. The van der Waals surface area contributed by atoms with Crippen LogP contribution in [-0.4, -0.2) is 0 Å². The molecule has 0 fully saturated rings. The summed E-state index contributed by atoms with van der Waals surface area (Å²) in [6, 6.07) is 9.88. The second-order valence-electron chi connectivity index (χ2n) is 4.37. The average Bonchev–Trinajstić information content (AvgIpc) is 2.84. The second kappa shape index (κ2) is 5.11. The number of halogens is 4. The minimum absolute atomic E-state index is 0.315. The van der Waals surface area contributed by atoms with E-state index in [1.54, 1.807) is 6.07 Å². The summed E-state index contributed by atoms with van der Waals surface area (Å²) in [4.78, 5) is 0.762. The summed E-state index contributed by atoms with van der Waals surface area (Å²) in [5.74, 6) is -2.15. The van der Waals surface area contributed by atoms with Gasteiger partial charge in [0, 0.05) is 9.58 Å². The molecule has 0 saturated heterocycles. The van der Waals surface area contributed by atoms with E-state index < -0.39 is 17.0 Å². The number of benzene rings is 2. The number of hydrogen-bond donors (Lipinski definition) is 0. The van der Waals surface area contributed by atoms with Gasteiger partial charge in [0.2, 0.25) is 0 Å². The minimum atomic E-state index is -0.930. The topological polar surface area (TPSA) is 0 Å². The molecule has 2 aromatic carbocycles. The summed E-state index contributed by atoms with van der Waals surface area (Å²) >= 11 is 7.63. The van der Waals surface area contributed by atoms with E-state index in [1.165, 1.54) is 29.5 Å².